The van der Waals surface area contributed by atoms with E-state index in [1.807, 2.05) is 6.92 Å². The van der Waals surface area contributed by atoms with Crippen molar-refractivity contribution in [2.75, 3.05) is 13.1 Å². The van der Waals surface area contributed by atoms with E-state index in [2.05, 4.69) is 27.5 Å². The topological polar surface area (TPSA) is 45.7 Å². The molecule has 2 N–H and O–H groups in total. The van der Waals surface area contributed by atoms with E-state index in [1.54, 1.807) is 6.07 Å². The van der Waals surface area contributed by atoms with Gasteiger partial charge in [-0.3, -0.25) is 0 Å². The molecule has 4 nitrogen and oxygen atoms in total. The van der Waals surface area contributed by atoms with Gasteiger partial charge in [-0.2, -0.15) is 13.2 Å². The van der Waals surface area contributed by atoms with Crippen LogP contribution in [0.25, 0.3) is 0 Å². The first-order valence-corrected chi connectivity index (χ1v) is 8.82. The Kier molecular flexibility index (Phi) is 5.72. The Bertz CT molecular complexity index is 721. The van der Waals surface area contributed by atoms with Crippen molar-refractivity contribution in [1.82, 2.24) is 10.6 Å². The van der Waals surface area contributed by atoms with Gasteiger partial charge in [0.05, 0.1) is 23.8 Å². The summed E-state index contributed by atoms with van der Waals surface area (Å²) in [7, 11) is 0. The number of halogens is 3. The molecule has 140 valence electrons. The predicted molar refractivity (Wildman–Crippen MR) is 93.7 cm³/mol. The number of ether oxygens (including phenoxy) is 1. The molecule has 2 heterocycles. The Balaban J connectivity index is 1.60. The maximum atomic E-state index is 12.7. The first-order chi connectivity index (χ1) is 12.5. The SMILES string of the molecule is CCNC(=NCC#Cc1cccc(C(F)(F)F)c1)NC1CC2CCC1O2. The van der Waals surface area contributed by atoms with Crippen LogP contribution in [0.1, 0.15) is 37.3 Å². The molecule has 0 saturated carbocycles. The van der Waals surface area contributed by atoms with Crippen LogP contribution in [-0.2, 0) is 10.9 Å². The lowest BCUT2D eigenvalue weighted by molar-refractivity contribution is -0.137. The fourth-order valence-corrected chi connectivity index (χ4v) is 3.32. The highest BCUT2D eigenvalue weighted by Crippen LogP contribution is 2.34. The summed E-state index contributed by atoms with van der Waals surface area (Å²) in [4.78, 5) is 4.39. The van der Waals surface area contributed by atoms with E-state index in [1.165, 1.54) is 6.07 Å². The number of hydrogen-bond donors (Lipinski definition) is 2. The zero-order valence-electron chi connectivity index (χ0n) is 14.6. The van der Waals surface area contributed by atoms with Gasteiger partial charge < -0.3 is 15.4 Å². The Morgan fingerprint density at radius 1 is 1.35 bits per heavy atom. The van der Waals surface area contributed by atoms with E-state index in [9.17, 15) is 13.2 Å². The lowest BCUT2D eigenvalue weighted by atomic mass is 9.96. The molecular formula is C19H22F3N3O. The Hall–Kier alpha value is -2.20. The predicted octanol–water partition coefficient (Wildman–Crippen LogP) is 2.93. The van der Waals surface area contributed by atoms with Crippen molar-refractivity contribution in [3.63, 3.8) is 0 Å². The molecule has 26 heavy (non-hydrogen) atoms. The molecule has 2 aliphatic rings. The third kappa shape index (κ3) is 4.70. The second-order valence-electron chi connectivity index (χ2n) is 6.44. The van der Waals surface area contributed by atoms with Crippen LogP contribution in [0.5, 0.6) is 0 Å². The molecule has 2 aliphatic heterocycles. The van der Waals surface area contributed by atoms with Gasteiger partial charge in [0.2, 0.25) is 0 Å². The van der Waals surface area contributed by atoms with Gasteiger partial charge in [0.15, 0.2) is 5.96 Å². The average Bonchev–Trinajstić information content (AvgIpc) is 3.21. The molecule has 0 amide bonds. The highest BCUT2D eigenvalue weighted by Gasteiger charge is 2.41. The van der Waals surface area contributed by atoms with Crippen LogP contribution in [0.15, 0.2) is 29.3 Å². The van der Waals surface area contributed by atoms with Crippen LogP contribution in [0.3, 0.4) is 0 Å². The molecule has 1 aromatic carbocycles. The van der Waals surface area contributed by atoms with Crippen molar-refractivity contribution in [3.05, 3.63) is 35.4 Å². The van der Waals surface area contributed by atoms with E-state index in [-0.39, 0.29) is 18.7 Å². The summed E-state index contributed by atoms with van der Waals surface area (Å²) in [5, 5.41) is 6.54. The number of hydrogen-bond acceptors (Lipinski definition) is 2. The van der Waals surface area contributed by atoms with Crippen LogP contribution in [0.2, 0.25) is 0 Å². The number of nitrogens with one attached hydrogen (secondary N) is 2. The maximum absolute atomic E-state index is 12.7. The summed E-state index contributed by atoms with van der Waals surface area (Å²) < 4.78 is 43.9. The number of benzene rings is 1. The van der Waals surface area contributed by atoms with Crippen molar-refractivity contribution in [1.29, 1.82) is 0 Å². The second kappa shape index (κ2) is 8.00. The quantitative estimate of drug-likeness (QED) is 0.492. The number of guanidine groups is 1. The number of rotatable bonds is 3. The molecule has 2 saturated heterocycles. The summed E-state index contributed by atoms with van der Waals surface area (Å²) in [5.41, 5.74) is -0.367. The van der Waals surface area contributed by atoms with E-state index >= 15 is 0 Å². The third-order valence-corrected chi connectivity index (χ3v) is 4.51. The molecule has 0 radical (unpaired) electrons. The summed E-state index contributed by atoms with van der Waals surface area (Å²) in [5.74, 6) is 6.21. The van der Waals surface area contributed by atoms with E-state index in [0.717, 1.165) is 31.4 Å². The summed E-state index contributed by atoms with van der Waals surface area (Å²) in [6, 6.07) is 5.25. The highest BCUT2D eigenvalue weighted by atomic mass is 19.4. The minimum atomic E-state index is -4.36. The van der Waals surface area contributed by atoms with E-state index in [4.69, 9.17) is 4.74 Å². The summed E-state index contributed by atoms with van der Waals surface area (Å²) in [6.45, 7) is 2.89. The third-order valence-electron chi connectivity index (χ3n) is 4.51. The van der Waals surface area contributed by atoms with Crippen LogP contribution in [0.4, 0.5) is 13.2 Å². The largest absolute Gasteiger partial charge is 0.416 e. The first kappa shape index (κ1) is 18.6. The van der Waals surface area contributed by atoms with Gasteiger partial charge in [0.1, 0.15) is 6.54 Å². The van der Waals surface area contributed by atoms with Crippen molar-refractivity contribution >= 4 is 5.96 Å². The molecule has 2 bridgehead atoms. The van der Waals surface area contributed by atoms with Gasteiger partial charge in [-0.1, -0.05) is 17.9 Å². The number of alkyl halides is 3. The van der Waals surface area contributed by atoms with Crippen molar-refractivity contribution in [2.24, 2.45) is 4.99 Å². The van der Waals surface area contributed by atoms with Crippen LogP contribution >= 0.6 is 0 Å². The Morgan fingerprint density at radius 3 is 2.85 bits per heavy atom. The molecular weight excluding hydrogens is 343 g/mol. The minimum absolute atomic E-state index is 0.202. The Morgan fingerprint density at radius 2 is 2.19 bits per heavy atom. The second-order valence-corrected chi connectivity index (χ2v) is 6.44. The molecule has 0 aliphatic carbocycles. The van der Waals surface area contributed by atoms with Crippen LogP contribution < -0.4 is 10.6 Å². The molecule has 0 aromatic heterocycles. The highest BCUT2D eigenvalue weighted by molar-refractivity contribution is 5.80. The molecule has 0 spiro atoms. The van der Waals surface area contributed by atoms with Gasteiger partial charge in [-0.15, -0.1) is 0 Å². The number of nitrogens with zero attached hydrogens (tertiary/aromatic N) is 1. The lowest BCUT2D eigenvalue weighted by Crippen LogP contribution is -2.47. The molecule has 1 aromatic rings. The minimum Gasteiger partial charge on any atom is -0.373 e. The van der Waals surface area contributed by atoms with Gasteiger partial charge in [-0.05, 0) is 44.4 Å². The van der Waals surface area contributed by atoms with Gasteiger partial charge in [0.25, 0.3) is 0 Å². The molecule has 3 atom stereocenters. The van der Waals surface area contributed by atoms with Crippen LogP contribution in [0, 0.1) is 11.8 Å². The summed E-state index contributed by atoms with van der Waals surface area (Å²) >= 11 is 0. The van der Waals surface area contributed by atoms with Gasteiger partial charge in [0, 0.05) is 12.1 Å². The number of fused-ring (bicyclic) bond motifs is 2. The Labute approximate surface area is 151 Å². The van der Waals surface area contributed by atoms with Crippen molar-refractivity contribution in [2.45, 2.75) is 50.6 Å². The normalized spacial score (nSPS) is 24.9. The van der Waals surface area contributed by atoms with E-state index in [0.29, 0.717) is 24.2 Å². The average molecular weight is 365 g/mol. The number of aliphatic imine (C=N–C) groups is 1. The molecule has 3 rings (SSSR count). The van der Waals surface area contributed by atoms with E-state index < -0.39 is 11.7 Å². The smallest absolute Gasteiger partial charge is 0.373 e. The van der Waals surface area contributed by atoms with Gasteiger partial charge in [-0.25, -0.2) is 4.99 Å². The van der Waals surface area contributed by atoms with Crippen molar-refractivity contribution in [3.8, 4) is 11.8 Å². The summed E-state index contributed by atoms with van der Waals surface area (Å²) in [6.07, 6.45) is -0.608. The molecule has 7 heteroatoms. The van der Waals surface area contributed by atoms with Gasteiger partial charge >= 0.3 is 6.18 Å². The molecule has 2 fully saturated rings. The lowest BCUT2D eigenvalue weighted by Gasteiger charge is -2.22. The van der Waals surface area contributed by atoms with Crippen molar-refractivity contribution < 1.29 is 17.9 Å². The zero-order chi connectivity index (χ0) is 18.6. The fraction of sp³-hybridized carbons (Fsp3) is 0.526. The maximum Gasteiger partial charge on any atom is 0.416 e. The zero-order valence-corrected chi connectivity index (χ0v) is 14.6. The first-order valence-electron chi connectivity index (χ1n) is 8.82. The molecule has 3 unspecified atom stereocenters. The van der Waals surface area contributed by atoms with Crippen LogP contribution in [-0.4, -0.2) is 37.3 Å². The fourth-order valence-electron chi connectivity index (χ4n) is 3.32. The standard InChI is InChI=1S/C19H22F3N3O/c1-2-23-18(25-16-12-15-8-9-17(16)26-15)24-10-4-6-13-5-3-7-14(11-13)19(20,21)22/h3,5,7,11,15-17H,2,8-10,12H2,1H3,(H2,23,24,25). The monoisotopic (exact) mass is 365 g/mol.